The quantitative estimate of drug-likeness (QED) is 0.673. The summed E-state index contributed by atoms with van der Waals surface area (Å²) in [5.41, 5.74) is 2.30. The molecule has 5 heteroatoms. The molecule has 1 saturated heterocycles. The Morgan fingerprint density at radius 1 is 1.19 bits per heavy atom. The molecule has 0 bridgehead atoms. The molecule has 0 amide bonds. The summed E-state index contributed by atoms with van der Waals surface area (Å²) >= 11 is 0. The summed E-state index contributed by atoms with van der Waals surface area (Å²) in [7, 11) is 1.86. The van der Waals surface area contributed by atoms with Gasteiger partial charge in [-0.2, -0.15) is 0 Å². The summed E-state index contributed by atoms with van der Waals surface area (Å²) in [5.74, 6) is 4.16. The minimum Gasteiger partial charge on any atom is -0.439 e. The van der Waals surface area contributed by atoms with Crippen LogP contribution in [0.15, 0.2) is 39.9 Å². The third-order valence-electron chi connectivity index (χ3n) is 5.78. The number of aromatic nitrogens is 1. The van der Waals surface area contributed by atoms with E-state index in [0.29, 0.717) is 12.4 Å². The second kappa shape index (κ2) is 7.52. The number of oxazole rings is 1. The molecule has 2 fully saturated rings. The molecule has 1 aromatic heterocycles. The molecule has 2 aliphatic rings. The molecule has 1 aliphatic carbocycles. The van der Waals surface area contributed by atoms with Gasteiger partial charge in [0.2, 0.25) is 5.89 Å². The van der Waals surface area contributed by atoms with Crippen LogP contribution in [-0.4, -0.2) is 36.0 Å². The second-order valence-electron chi connectivity index (χ2n) is 7.59. The van der Waals surface area contributed by atoms with Crippen molar-refractivity contribution in [1.29, 1.82) is 0 Å². The lowest BCUT2D eigenvalue weighted by molar-refractivity contribution is 0.299. The van der Waals surface area contributed by atoms with Gasteiger partial charge in [0.1, 0.15) is 0 Å². The van der Waals surface area contributed by atoms with E-state index in [9.17, 15) is 0 Å². The summed E-state index contributed by atoms with van der Waals surface area (Å²) in [5, 5.41) is 3.43. The molecule has 5 nitrogen and oxygen atoms in total. The molecule has 0 spiro atoms. The summed E-state index contributed by atoms with van der Waals surface area (Å²) in [6.07, 6.45) is 7.32. The number of likely N-dealkylation sites (tertiary alicyclic amines) is 1. The van der Waals surface area contributed by atoms with E-state index >= 15 is 0 Å². The van der Waals surface area contributed by atoms with Crippen LogP contribution in [0.2, 0.25) is 0 Å². The molecular formula is C21H28N4O. The van der Waals surface area contributed by atoms with E-state index in [1.54, 1.807) is 6.20 Å². The number of hydrogen-bond donors (Lipinski definition) is 1. The Balaban J connectivity index is 1.36. The fourth-order valence-corrected chi connectivity index (χ4v) is 4.31. The van der Waals surface area contributed by atoms with Crippen molar-refractivity contribution in [3.05, 3.63) is 41.9 Å². The molecule has 2 unspecified atom stereocenters. The lowest BCUT2D eigenvalue weighted by Gasteiger charge is -2.22. The molecular weight excluding hydrogens is 324 g/mol. The Morgan fingerprint density at radius 3 is 2.54 bits per heavy atom. The highest BCUT2D eigenvalue weighted by Gasteiger charge is 2.35. The zero-order valence-electron chi connectivity index (χ0n) is 15.7. The van der Waals surface area contributed by atoms with E-state index in [-0.39, 0.29) is 0 Å². The normalized spacial score (nSPS) is 23.2. The van der Waals surface area contributed by atoms with Crippen molar-refractivity contribution >= 4 is 5.96 Å². The van der Waals surface area contributed by atoms with Gasteiger partial charge in [0.15, 0.2) is 11.7 Å². The monoisotopic (exact) mass is 352 g/mol. The highest BCUT2D eigenvalue weighted by molar-refractivity contribution is 5.80. The Hall–Kier alpha value is -2.30. The molecule has 1 N–H and O–H groups in total. The fraction of sp³-hybridized carbons (Fsp3) is 0.524. The van der Waals surface area contributed by atoms with Gasteiger partial charge in [-0.1, -0.05) is 42.7 Å². The van der Waals surface area contributed by atoms with Crippen LogP contribution >= 0.6 is 0 Å². The van der Waals surface area contributed by atoms with Crippen molar-refractivity contribution in [2.45, 2.75) is 39.2 Å². The number of aryl methyl sites for hydroxylation is 1. The van der Waals surface area contributed by atoms with E-state index in [0.717, 1.165) is 42.2 Å². The van der Waals surface area contributed by atoms with Crippen LogP contribution in [0.3, 0.4) is 0 Å². The van der Waals surface area contributed by atoms with Gasteiger partial charge in [0.25, 0.3) is 0 Å². The van der Waals surface area contributed by atoms with Crippen LogP contribution in [0.25, 0.3) is 11.3 Å². The maximum absolute atomic E-state index is 5.91. The van der Waals surface area contributed by atoms with Crippen LogP contribution in [0.1, 0.15) is 37.1 Å². The zero-order valence-corrected chi connectivity index (χ0v) is 15.7. The first-order chi connectivity index (χ1) is 12.7. The third-order valence-corrected chi connectivity index (χ3v) is 5.78. The van der Waals surface area contributed by atoms with Gasteiger partial charge in [-0.25, -0.2) is 4.98 Å². The van der Waals surface area contributed by atoms with Crippen LogP contribution in [-0.2, 0) is 6.54 Å². The standard InChI is InChI=1S/C21H28N4O/c1-15-7-9-16(10-8-15)19-11-23-20(26-19)12-24-21(22-2)25-13-17-5-3-4-6-18(17)14-25/h7-11,17-18H,3-6,12-14H2,1-2H3,(H,22,24). The number of aliphatic imine (C=N–C) groups is 1. The van der Waals surface area contributed by atoms with Gasteiger partial charge in [-0.05, 0) is 31.6 Å². The SMILES string of the molecule is CN=C(NCc1ncc(-c2ccc(C)cc2)o1)N1CC2CCCCC2C1. The molecule has 138 valence electrons. The summed E-state index contributed by atoms with van der Waals surface area (Å²) in [6, 6.07) is 8.31. The summed E-state index contributed by atoms with van der Waals surface area (Å²) < 4.78 is 5.91. The van der Waals surface area contributed by atoms with E-state index < -0.39 is 0 Å². The maximum Gasteiger partial charge on any atom is 0.214 e. The molecule has 4 rings (SSSR count). The molecule has 26 heavy (non-hydrogen) atoms. The number of rotatable bonds is 3. The highest BCUT2D eigenvalue weighted by Crippen LogP contribution is 2.36. The Kier molecular flexibility index (Phi) is 4.96. The predicted molar refractivity (Wildman–Crippen MR) is 104 cm³/mol. The lowest BCUT2D eigenvalue weighted by Crippen LogP contribution is -2.39. The van der Waals surface area contributed by atoms with Crippen LogP contribution in [0.5, 0.6) is 0 Å². The molecule has 1 aromatic carbocycles. The second-order valence-corrected chi connectivity index (χ2v) is 7.59. The molecule has 2 heterocycles. The van der Waals surface area contributed by atoms with Gasteiger partial charge >= 0.3 is 0 Å². The minimum atomic E-state index is 0.560. The number of hydrogen-bond acceptors (Lipinski definition) is 3. The number of nitrogens with zero attached hydrogens (tertiary/aromatic N) is 3. The van der Waals surface area contributed by atoms with Gasteiger partial charge < -0.3 is 14.6 Å². The molecule has 1 aliphatic heterocycles. The molecule has 0 radical (unpaired) electrons. The average molecular weight is 352 g/mol. The maximum atomic E-state index is 5.91. The Morgan fingerprint density at radius 2 is 1.88 bits per heavy atom. The van der Waals surface area contributed by atoms with E-state index in [4.69, 9.17) is 4.42 Å². The van der Waals surface area contributed by atoms with Crippen molar-refractivity contribution in [1.82, 2.24) is 15.2 Å². The van der Waals surface area contributed by atoms with Gasteiger partial charge in [0, 0.05) is 25.7 Å². The third kappa shape index (κ3) is 3.62. The van der Waals surface area contributed by atoms with Crippen LogP contribution in [0, 0.1) is 18.8 Å². The molecule has 1 saturated carbocycles. The Bertz CT molecular complexity index is 751. The van der Waals surface area contributed by atoms with Crippen LogP contribution in [0.4, 0.5) is 0 Å². The van der Waals surface area contributed by atoms with Gasteiger partial charge in [-0.15, -0.1) is 0 Å². The zero-order chi connectivity index (χ0) is 17.9. The molecule has 2 atom stereocenters. The lowest BCUT2D eigenvalue weighted by atomic mass is 9.82. The van der Waals surface area contributed by atoms with E-state index in [2.05, 4.69) is 51.4 Å². The van der Waals surface area contributed by atoms with E-state index in [1.165, 1.54) is 31.2 Å². The van der Waals surface area contributed by atoms with Crippen LogP contribution < -0.4 is 5.32 Å². The topological polar surface area (TPSA) is 53.7 Å². The average Bonchev–Trinajstić information content (AvgIpc) is 3.30. The van der Waals surface area contributed by atoms with Gasteiger partial charge in [-0.3, -0.25) is 4.99 Å². The smallest absolute Gasteiger partial charge is 0.214 e. The van der Waals surface area contributed by atoms with E-state index in [1.807, 2.05) is 7.05 Å². The summed E-state index contributed by atoms with van der Waals surface area (Å²) in [6.45, 7) is 4.90. The fourth-order valence-electron chi connectivity index (χ4n) is 4.31. The highest BCUT2D eigenvalue weighted by atomic mass is 16.4. The van der Waals surface area contributed by atoms with Crippen molar-refractivity contribution < 1.29 is 4.42 Å². The number of guanidine groups is 1. The minimum absolute atomic E-state index is 0.560. The van der Waals surface area contributed by atoms with Crippen molar-refractivity contribution in [3.8, 4) is 11.3 Å². The number of fused-ring (bicyclic) bond motifs is 1. The predicted octanol–water partition coefficient (Wildman–Crippen LogP) is 3.85. The van der Waals surface area contributed by atoms with Crippen molar-refractivity contribution in [3.63, 3.8) is 0 Å². The first kappa shape index (κ1) is 17.1. The number of benzene rings is 1. The largest absolute Gasteiger partial charge is 0.439 e. The van der Waals surface area contributed by atoms with Crippen molar-refractivity contribution in [2.75, 3.05) is 20.1 Å². The van der Waals surface area contributed by atoms with Gasteiger partial charge in [0.05, 0.1) is 12.7 Å². The summed E-state index contributed by atoms with van der Waals surface area (Å²) in [4.78, 5) is 11.3. The number of nitrogens with one attached hydrogen (secondary N) is 1. The first-order valence-corrected chi connectivity index (χ1v) is 9.70. The van der Waals surface area contributed by atoms with Crippen molar-refractivity contribution in [2.24, 2.45) is 16.8 Å². The first-order valence-electron chi connectivity index (χ1n) is 9.70. The molecule has 2 aromatic rings. The Labute approximate surface area is 155 Å².